The monoisotopic (exact) mass is 358 g/mol. The first-order valence-corrected chi connectivity index (χ1v) is 10.1. The SMILES string of the molecule is Cc1cc(CSc2ccccc2C(=O)NCCCC2CCCC2)on1. The molecular weight excluding hydrogens is 332 g/mol. The molecule has 1 aromatic heterocycles. The van der Waals surface area contributed by atoms with Crippen molar-refractivity contribution < 1.29 is 9.32 Å². The van der Waals surface area contributed by atoms with Crippen molar-refractivity contribution in [3.05, 3.63) is 47.3 Å². The lowest BCUT2D eigenvalue weighted by atomic mass is 10.0. The van der Waals surface area contributed by atoms with E-state index in [0.717, 1.165) is 40.8 Å². The quantitative estimate of drug-likeness (QED) is 0.534. The van der Waals surface area contributed by atoms with Gasteiger partial charge in [-0.3, -0.25) is 4.79 Å². The van der Waals surface area contributed by atoms with E-state index in [9.17, 15) is 4.79 Å². The lowest BCUT2D eigenvalue weighted by molar-refractivity contribution is 0.0949. The smallest absolute Gasteiger partial charge is 0.252 e. The van der Waals surface area contributed by atoms with Crippen molar-refractivity contribution in [1.29, 1.82) is 0 Å². The van der Waals surface area contributed by atoms with Gasteiger partial charge in [-0.1, -0.05) is 43.0 Å². The molecule has 2 aromatic rings. The average Bonchev–Trinajstić information content (AvgIpc) is 3.28. The largest absolute Gasteiger partial charge is 0.360 e. The molecule has 1 aromatic carbocycles. The van der Waals surface area contributed by atoms with Gasteiger partial charge in [-0.05, 0) is 37.8 Å². The number of hydrogen-bond donors (Lipinski definition) is 1. The summed E-state index contributed by atoms with van der Waals surface area (Å²) in [6.07, 6.45) is 7.81. The average molecular weight is 359 g/mol. The van der Waals surface area contributed by atoms with Crippen molar-refractivity contribution in [2.75, 3.05) is 6.54 Å². The highest BCUT2D eigenvalue weighted by molar-refractivity contribution is 7.98. The molecule has 134 valence electrons. The fraction of sp³-hybridized carbons (Fsp3) is 0.500. The predicted molar refractivity (Wildman–Crippen MR) is 101 cm³/mol. The van der Waals surface area contributed by atoms with Crippen LogP contribution < -0.4 is 5.32 Å². The number of amides is 1. The van der Waals surface area contributed by atoms with Crippen LogP contribution in [0.3, 0.4) is 0 Å². The number of aryl methyl sites for hydroxylation is 1. The lowest BCUT2D eigenvalue weighted by Gasteiger charge is -2.11. The molecule has 0 saturated heterocycles. The number of benzene rings is 1. The summed E-state index contributed by atoms with van der Waals surface area (Å²) in [6.45, 7) is 2.67. The first kappa shape index (κ1) is 18.1. The molecule has 0 atom stereocenters. The van der Waals surface area contributed by atoms with E-state index in [1.165, 1.54) is 32.1 Å². The van der Waals surface area contributed by atoms with Crippen molar-refractivity contribution in [3.8, 4) is 0 Å². The fourth-order valence-corrected chi connectivity index (χ4v) is 4.33. The van der Waals surface area contributed by atoms with Crippen LogP contribution in [0.2, 0.25) is 0 Å². The summed E-state index contributed by atoms with van der Waals surface area (Å²) >= 11 is 1.61. The standard InChI is InChI=1S/C20H26N2O2S/c1-15-13-17(24-22-15)14-25-19-11-5-4-10-18(19)20(23)21-12-6-9-16-7-2-3-8-16/h4-5,10-11,13,16H,2-3,6-9,12,14H2,1H3,(H,21,23). The van der Waals surface area contributed by atoms with Crippen LogP contribution in [-0.2, 0) is 5.75 Å². The molecular formula is C20H26N2O2S. The maximum atomic E-state index is 12.5. The minimum atomic E-state index is 0.0169. The molecule has 1 N–H and O–H groups in total. The molecule has 3 rings (SSSR count). The summed E-state index contributed by atoms with van der Waals surface area (Å²) in [4.78, 5) is 13.5. The van der Waals surface area contributed by atoms with Crippen LogP contribution >= 0.6 is 11.8 Å². The Hall–Kier alpha value is -1.75. The van der Waals surface area contributed by atoms with Crippen LogP contribution in [0.5, 0.6) is 0 Å². The second kappa shape index (κ2) is 9.09. The van der Waals surface area contributed by atoms with E-state index < -0.39 is 0 Å². The summed E-state index contributed by atoms with van der Waals surface area (Å²) in [6, 6.07) is 9.68. The van der Waals surface area contributed by atoms with Crippen LogP contribution in [0.4, 0.5) is 0 Å². The van der Waals surface area contributed by atoms with E-state index in [4.69, 9.17) is 4.52 Å². The van der Waals surface area contributed by atoms with Gasteiger partial charge in [0, 0.05) is 17.5 Å². The van der Waals surface area contributed by atoms with Crippen molar-refractivity contribution in [2.24, 2.45) is 5.92 Å². The van der Waals surface area contributed by atoms with Crippen molar-refractivity contribution in [2.45, 2.75) is 56.1 Å². The van der Waals surface area contributed by atoms with Gasteiger partial charge < -0.3 is 9.84 Å². The highest BCUT2D eigenvalue weighted by Gasteiger charge is 2.15. The number of carbonyl (C=O) groups is 1. The summed E-state index contributed by atoms with van der Waals surface area (Å²) in [5.74, 6) is 2.40. The zero-order chi connectivity index (χ0) is 17.5. The van der Waals surface area contributed by atoms with Gasteiger partial charge >= 0.3 is 0 Å². The molecule has 1 aliphatic rings. The Morgan fingerprint density at radius 2 is 2.12 bits per heavy atom. The molecule has 0 radical (unpaired) electrons. The Kier molecular flexibility index (Phi) is 6.56. The molecule has 25 heavy (non-hydrogen) atoms. The number of nitrogens with one attached hydrogen (secondary N) is 1. The zero-order valence-electron chi connectivity index (χ0n) is 14.8. The third kappa shape index (κ3) is 5.36. The van der Waals surface area contributed by atoms with Gasteiger partial charge in [-0.2, -0.15) is 0 Å². The van der Waals surface area contributed by atoms with E-state index in [-0.39, 0.29) is 5.91 Å². The maximum Gasteiger partial charge on any atom is 0.252 e. The van der Waals surface area contributed by atoms with E-state index in [1.807, 2.05) is 37.3 Å². The van der Waals surface area contributed by atoms with Crippen molar-refractivity contribution in [1.82, 2.24) is 10.5 Å². The predicted octanol–water partition coefficient (Wildman–Crippen LogP) is 4.98. The van der Waals surface area contributed by atoms with Gasteiger partial charge in [0.2, 0.25) is 0 Å². The van der Waals surface area contributed by atoms with Crippen LogP contribution in [0.15, 0.2) is 39.8 Å². The second-order valence-electron chi connectivity index (χ2n) is 6.77. The van der Waals surface area contributed by atoms with Gasteiger partial charge in [-0.15, -0.1) is 11.8 Å². The van der Waals surface area contributed by atoms with Crippen LogP contribution in [0.1, 0.15) is 60.3 Å². The normalized spacial score (nSPS) is 14.8. The van der Waals surface area contributed by atoms with Gasteiger partial charge in [0.1, 0.15) is 5.76 Å². The molecule has 0 spiro atoms. The van der Waals surface area contributed by atoms with Crippen LogP contribution in [0, 0.1) is 12.8 Å². The first-order chi connectivity index (χ1) is 12.2. The van der Waals surface area contributed by atoms with Crippen LogP contribution in [0.25, 0.3) is 0 Å². The Bertz CT molecular complexity index is 693. The Morgan fingerprint density at radius 1 is 1.32 bits per heavy atom. The summed E-state index contributed by atoms with van der Waals surface area (Å²) in [7, 11) is 0. The molecule has 1 amide bonds. The minimum Gasteiger partial charge on any atom is -0.360 e. The zero-order valence-corrected chi connectivity index (χ0v) is 15.6. The molecule has 1 fully saturated rings. The summed E-state index contributed by atoms with van der Waals surface area (Å²) in [5.41, 5.74) is 1.62. The van der Waals surface area contributed by atoms with E-state index in [2.05, 4.69) is 10.5 Å². The number of rotatable bonds is 8. The molecule has 5 heteroatoms. The topological polar surface area (TPSA) is 55.1 Å². The Morgan fingerprint density at radius 3 is 2.88 bits per heavy atom. The highest BCUT2D eigenvalue weighted by Crippen LogP contribution is 2.28. The van der Waals surface area contributed by atoms with Crippen LogP contribution in [-0.4, -0.2) is 17.6 Å². The lowest BCUT2D eigenvalue weighted by Crippen LogP contribution is -2.25. The Balaban J connectivity index is 1.49. The third-order valence-corrected chi connectivity index (χ3v) is 5.82. The molecule has 0 aliphatic heterocycles. The van der Waals surface area contributed by atoms with Gasteiger partial charge in [0.05, 0.1) is 17.0 Å². The molecule has 0 bridgehead atoms. The molecule has 0 unspecified atom stereocenters. The van der Waals surface area contributed by atoms with Gasteiger partial charge in [0.25, 0.3) is 5.91 Å². The number of nitrogens with zero attached hydrogens (tertiary/aromatic N) is 1. The van der Waals surface area contributed by atoms with Crippen molar-refractivity contribution in [3.63, 3.8) is 0 Å². The van der Waals surface area contributed by atoms with E-state index in [0.29, 0.717) is 5.75 Å². The molecule has 1 heterocycles. The van der Waals surface area contributed by atoms with E-state index >= 15 is 0 Å². The molecule has 4 nitrogen and oxygen atoms in total. The fourth-order valence-electron chi connectivity index (χ4n) is 3.40. The minimum absolute atomic E-state index is 0.0169. The van der Waals surface area contributed by atoms with Crippen molar-refractivity contribution >= 4 is 17.7 Å². The molecule has 1 saturated carbocycles. The summed E-state index contributed by atoms with van der Waals surface area (Å²) < 4.78 is 5.24. The first-order valence-electron chi connectivity index (χ1n) is 9.14. The molecule has 1 aliphatic carbocycles. The number of hydrogen-bond acceptors (Lipinski definition) is 4. The number of aromatic nitrogens is 1. The number of carbonyl (C=O) groups excluding carboxylic acids is 1. The third-order valence-electron chi connectivity index (χ3n) is 4.73. The summed E-state index contributed by atoms with van der Waals surface area (Å²) in [5, 5.41) is 6.98. The Labute approximate surface area is 153 Å². The second-order valence-corrected chi connectivity index (χ2v) is 7.79. The van der Waals surface area contributed by atoms with Gasteiger partial charge in [-0.25, -0.2) is 0 Å². The maximum absolute atomic E-state index is 12.5. The van der Waals surface area contributed by atoms with Gasteiger partial charge in [0.15, 0.2) is 0 Å². The highest BCUT2D eigenvalue weighted by atomic mass is 32.2. The van der Waals surface area contributed by atoms with E-state index in [1.54, 1.807) is 11.8 Å². The number of thioether (sulfide) groups is 1.